The first-order chi connectivity index (χ1) is 5.59. The first kappa shape index (κ1) is 9.22. The standard InChI is InChI=1S/C8H10O3S/c1-6-3-4-8(5-7(6)2)11-12(9)10/h3-5H,1-2H3,(H,9,10). The highest BCUT2D eigenvalue weighted by Gasteiger charge is 1.99. The molecule has 1 aromatic rings. The summed E-state index contributed by atoms with van der Waals surface area (Å²) in [6.45, 7) is 3.89. The highest BCUT2D eigenvalue weighted by molar-refractivity contribution is 7.74. The van der Waals surface area contributed by atoms with E-state index in [0.717, 1.165) is 11.1 Å². The van der Waals surface area contributed by atoms with Gasteiger partial charge in [-0.3, -0.25) is 4.55 Å². The van der Waals surface area contributed by atoms with E-state index in [9.17, 15) is 4.21 Å². The molecule has 1 aromatic carbocycles. The fraction of sp³-hybridized carbons (Fsp3) is 0.250. The molecule has 0 spiro atoms. The summed E-state index contributed by atoms with van der Waals surface area (Å²) in [5, 5.41) is 0. The van der Waals surface area contributed by atoms with Gasteiger partial charge in [0.1, 0.15) is 5.75 Å². The van der Waals surface area contributed by atoms with Crippen LogP contribution < -0.4 is 4.18 Å². The van der Waals surface area contributed by atoms with Gasteiger partial charge in [-0.15, -0.1) is 0 Å². The molecule has 1 N–H and O–H groups in total. The Balaban J connectivity index is 2.89. The average Bonchev–Trinajstić information content (AvgIpc) is 1.96. The van der Waals surface area contributed by atoms with E-state index in [0.29, 0.717) is 5.75 Å². The smallest absolute Gasteiger partial charge is 0.357 e. The van der Waals surface area contributed by atoms with Crippen LogP contribution in [-0.2, 0) is 11.4 Å². The van der Waals surface area contributed by atoms with Gasteiger partial charge < -0.3 is 4.18 Å². The number of rotatable bonds is 2. The summed E-state index contributed by atoms with van der Waals surface area (Å²) >= 11 is -2.23. The van der Waals surface area contributed by atoms with Crippen LogP contribution in [0.2, 0.25) is 0 Å². The van der Waals surface area contributed by atoms with Crippen LogP contribution in [0.3, 0.4) is 0 Å². The lowest BCUT2D eigenvalue weighted by atomic mass is 10.1. The Morgan fingerprint density at radius 3 is 2.50 bits per heavy atom. The van der Waals surface area contributed by atoms with E-state index < -0.39 is 11.4 Å². The molecule has 0 aliphatic heterocycles. The van der Waals surface area contributed by atoms with Crippen LogP contribution >= 0.6 is 0 Å². The SMILES string of the molecule is Cc1ccc(OS(=O)O)cc1C. The number of hydrogen-bond donors (Lipinski definition) is 1. The molecule has 0 aliphatic rings. The van der Waals surface area contributed by atoms with E-state index in [4.69, 9.17) is 4.55 Å². The van der Waals surface area contributed by atoms with Crippen molar-refractivity contribution in [3.8, 4) is 5.75 Å². The van der Waals surface area contributed by atoms with Gasteiger partial charge in [0.15, 0.2) is 0 Å². The van der Waals surface area contributed by atoms with Crippen molar-refractivity contribution < 1.29 is 12.9 Å². The second kappa shape index (κ2) is 3.69. The zero-order chi connectivity index (χ0) is 9.14. The van der Waals surface area contributed by atoms with Gasteiger partial charge in [0, 0.05) is 0 Å². The normalized spacial score (nSPS) is 12.6. The Hall–Kier alpha value is -0.870. The van der Waals surface area contributed by atoms with Crippen LogP contribution in [0.5, 0.6) is 5.75 Å². The minimum Gasteiger partial charge on any atom is -0.380 e. The molecule has 0 radical (unpaired) electrons. The summed E-state index contributed by atoms with van der Waals surface area (Å²) in [7, 11) is 0. The maximum Gasteiger partial charge on any atom is 0.357 e. The summed E-state index contributed by atoms with van der Waals surface area (Å²) in [4.78, 5) is 0. The molecule has 0 heterocycles. The molecule has 3 nitrogen and oxygen atoms in total. The molecular weight excluding hydrogens is 176 g/mol. The second-order valence-corrected chi connectivity index (χ2v) is 3.15. The van der Waals surface area contributed by atoms with Crippen LogP contribution in [0.1, 0.15) is 11.1 Å². The van der Waals surface area contributed by atoms with Crippen LogP contribution in [0.4, 0.5) is 0 Å². The molecule has 0 saturated heterocycles. The lowest BCUT2D eigenvalue weighted by Crippen LogP contribution is -1.97. The van der Waals surface area contributed by atoms with Gasteiger partial charge in [0.2, 0.25) is 0 Å². The Bertz CT molecular complexity index is 309. The van der Waals surface area contributed by atoms with E-state index in [1.807, 2.05) is 19.9 Å². The summed E-state index contributed by atoms with van der Waals surface area (Å²) in [6.07, 6.45) is 0. The zero-order valence-electron chi connectivity index (χ0n) is 6.90. The Kier molecular flexibility index (Phi) is 2.83. The number of benzene rings is 1. The van der Waals surface area contributed by atoms with Crippen molar-refractivity contribution >= 4 is 11.4 Å². The van der Waals surface area contributed by atoms with Gasteiger partial charge in [-0.25, -0.2) is 0 Å². The van der Waals surface area contributed by atoms with Gasteiger partial charge in [0.05, 0.1) is 0 Å². The molecule has 12 heavy (non-hydrogen) atoms. The van der Waals surface area contributed by atoms with Gasteiger partial charge in [-0.05, 0) is 37.1 Å². The first-order valence-electron chi connectivity index (χ1n) is 3.46. The third-order valence-corrected chi connectivity index (χ3v) is 1.98. The zero-order valence-corrected chi connectivity index (χ0v) is 7.72. The Labute approximate surface area is 73.9 Å². The largest absolute Gasteiger partial charge is 0.380 e. The van der Waals surface area contributed by atoms with Gasteiger partial charge in [0.25, 0.3) is 0 Å². The summed E-state index contributed by atoms with van der Waals surface area (Å²) in [6, 6.07) is 5.23. The van der Waals surface area contributed by atoms with E-state index in [-0.39, 0.29) is 0 Å². The Morgan fingerprint density at radius 2 is 2.00 bits per heavy atom. The third-order valence-electron chi connectivity index (χ3n) is 1.65. The van der Waals surface area contributed by atoms with Crippen LogP contribution in [-0.4, -0.2) is 8.76 Å². The summed E-state index contributed by atoms with van der Waals surface area (Å²) < 4.78 is 23.2. The molecule has 0 saturated carbocycles. The topological polar surface area (TPSA) is 46.5 Å². The molecule has 1 atom stereocenters. The van der Waals surface area contributed by atoms with Crippen LogP contribution in [0.25, 0.3) is 0 Å². The van der Waals surface area contributed by atoms with Crippen molar-refractivity contribution in [3.63, 3.8) is 0 Å². The summed E-state index contributed by atoms with van der Waals surface area (Å²) in [5.41, 5.74) is 2.17. The minimum atomic E-state index is -2.23. The summed E-state index contributed by atoms with van der Waals surface area (Å²) in [5.74, 6) is 0.416. The van der Waals surface area contributed by atoms with Crippen molar-refractivity contribution in [3.05, 3.63) is 29.3 Å². The van der Waals surface area contributed by atoms with Gasteiger partial charge >= 0.3 is 11.4 Å². The minimum absolute atomic E-state index is 0.416. The molecule has 4 heteroatoms. The fourth-order valence-electron chi connectivity index (χ4n) is 0.848. The molecule has 66 valence electrons. The molecule has 0 aromatic heterocycles. The molecule has 0 aliphatic carbocycles. The first-order valence-corrected chi connectivity index (χ1v) is 4.49. The van der Waals surface area contributed by atoms with Gasteiger partial charge in [-0.1, -0.05) is 6.07 Å². The average molecular weight is 186 g/mol. The van der Waals surface area contributed by atoms with Crippen molar-refractivity contribution in [1.29, 1.82) is 0 Å². The lowest BCUT2D eigenvalue weighted by molar-refractivity contribution is 0.458. The van der Waals surface area contributed by atoms with Crippen LogP contribution in [0.15, 0.2) is 18.2 Å². The maximum atomic E-state index is 10.3. The molecule has 0 bridgehead atoms. The predicted molar refractivity (Wildman–Crippen MR) is 47.3 cm³/mol. The highest BCUT2D eigenvalue weighted by Crippen LogP contribution is 2.16. The predicted octanol–water partition coefficient (Wildman–Crippen LogP) is 1.82. The molecule has 1 unspecified atom stereocenters. The van der Waals surface area contributed by atoms with E-state index in [2.05, 4.69) is 4.18 Å². The quantitative estimate of drug-likeness (QED) is 0.716. The van der Waals surface area contributed by atoms with Crippen molar-refractivity contribution in [1.82, 2.24) is 0 Å². The lowest BCUT2D eigenvalue weighted by Gasteiger charge is -2.02. The van der Waals surface area contributed by atoms with E-state index in [1.54, 1.807) is 12.1 Å². The monoisotopic (exact) mass is 186 g/mol. The molecule has 0 fully saturated rings. The fourth-order valence-corrected chi connectivity index (χ4v) is 1.12. The number of aryl methyl sites for hydroxylation is 2. The molecular formula is C8H10O3S. The maximum absolute atomic E-state index is 10.3. The van der Waals surface area contributed by atoms with Crippen molar-refractivity contribution in [2.75, 3.05) is 0 Å². The second-order valence-electron chi connectivity index (χ2n) is 2.55. The molecule has 1 rings (SSSR count). The van der Waals surface area contributed by atoms with Crippen molar-refractivity contribution in [2.24, 2.45) is 0 Å². The van der Waals surface area contributed by atoms with Crippen LogP contribution in [0, 0.1) is 13.8 Å². The van der Waals surface area contributed by atoms with Crippen molar-refractivity contribution in [2.45, 2.75) is 13.8 Å². The van der Waals surface area contributed by atoms with E-state index >= 15 is 0 Å². The number of hydrogen-bond acceptors (Lipinski definition) is 2. The van der Waals surface area contributed by atoms with E-state index in [1.165, 1.54) is 0 Å². The highest BCUT2D eigenvalue weighted by atomic mass is 32.2. The van der Waals surface area contributed by atoms with Gasteiger partial charge in [-0.2, -0.15) is 4.21 Å². The Morgan fingerprint density at radius 1 is 1.33 bits per heavy atom. The third kappa shape index (κ3) is 2.32. The molecule has 0 amide bonds.